The molecule has 1 atom stereocenters. The van der Waals surface area contributed by atoms with E-state index in [4.69, 9.17) is 4.74 Å². The third-order valence-electron chi connectivity index (χ3n) is 3.16. The molecule has 0 aromatic heterocycles. The Labute approximate surface area is 131 Å². The first-order valence-corrected chi connectivity index (χ1v) is 8.76. The van der Waals surface area contributed by atoms with Gasteiger partial charge in [0.25, 0.3) is 0 Å². The van der Waals surface area contributed by atoms with Crippen LogP contribution in [0.15, 0.2) is 41.3 Å². The Morgan fingerprint density at radius 3 is 2.50 bits per heavy atom. The number of ether oxygens (including phenoxy) is 1. The minimum Gasteiger partial charge on any atom is -0.493 e. The van der Waals surface area contributed by atoms with Gasteiger partial charge >= 0.3 is 0 Å². The van der Waals surface area contributed by atoms with Crippen LogP contribution in [0.5, 0.6) is 5.75 Å². The van der Waals surface area contributed by atoms with Crippen LogP contribution in [0, 0.1) is 0 Å². The van der Waals surface area contributed by atoms with Gasteiger partial charge in [-0.05, 0) is 25.5 Å². The highest BCUT2D eigenvalue weighted by atomic mass is 32.2. The van der Waals surface area contributed by atoms with Crippen LogP contribution in [0.3, 0.4) is 0 Å². The van der Waals surface area contributed by atoms with E-state index < -0.39 is 16.1 Å². The Kier molecular flexibility index (Phi) is 5.39. The summed E-state index contributed by atoms with van der Waals surface area (Å²) in [5.41, 5.74) is 0. The maximum Gasteiger partial charge on any atom is 0.241 e. The first-order valence-electron chi connectivity index (χ1n) is 7.28. The van der Waals surface area contributed by atoms with E-state index >= 15 is 0 Å². The molecule has 2 rings (SSSR count). The minimum absolute atomic E-state index is 0.0231. The van der Waals surface area contributed by atoms with Gasteiger partial charge in [0.05, 0.1) is 17.6 Å². The molecule has 0 saturated heterocycles. The zero-order chi connectivity index (χ0) is 16.2. The van der Waals surface area contributed by atoms with E-state index in [1.54, 1.807) is 18.2 Å². The molecule has 0 radical (unpaired) electrons. The fourth-order valence-corrected chi connectivity index (χ4v) is 3.45. The van der Waals surface area contributed by atoms with E-state index in [0.717, 1.165) is 11.8 Å². The van der Waals surface area contributed by atoms with Crippen molar-refractivity contribution in [2.75, 3.05) is 13.2 Å². The van der Waals surface area contributed by atoms with Gasteiger partial charge in [0.15, 0.2) is 0 Å². The number of hydrogen-bond donors (Lipinski definition) is 2. The number of nitrogens with one attached hydrogen (secondary N) is 1. The van der Waals surface area contributed by atoms with Crippen molar-refractivity contribution in [2.45, 2.75) is 31.3 Å². The van der Waals surface area contributed by atoms with E-state index in [9.17, 15) is 13.5 Å². The predicted molar refractivity (Wildman–Crippen MR) is 86.6 cm³/mol. The molecule has 0 amide bonds. The molecule has 0 heterocycles. The van der Waals surface area contributed by atoms with Crippen LogP contribution < -0.4 is 9.46 Å². The summed E-state index contributed by atoms with van der Waals surface area (Å²) in [6.45, 7) is 4.10. The van der Waals surface area contributed by atoms with Crippen LogP contribution in [0.25, 0.3) is 10.8 Å². The molecule has 2 aromatic carbocycles. The van der Waals surface area contributed by atoms with Gasteiger partial charge in [-0.25, -0.2) is 13.1 Å². The number of benzene rings is 2. The highest BCUT2D eigenvalue weighted by molar-refractivity contribution is 7.89. The lowest BCUT2D eigenvalue weighted by atomic mass is 10.1. The number of hydrogen-bond acceptors (Lipinski definition) is 4. The molecule has 0 aliphatic heterocycles. The lowest BCUT2D eigenvalue weighted by Gasteiger charge is -2.13. The van der Waals surface area contributed by atoms with Crippen LogP contribution in [-0.4, -0.2) is 32.8 Å². The van der Waals surface area contributed by atoms with Crippen molar-refractivity contribution in [1.29, 1.82) is 0 Å². The van der Waals surface area contributed by atoms with Gasteiger partial charge in [-0.15, -0.1) is 0 Å². The SMILES string of the molecule is CCCOc1ccc(S(=O)(=O)NC[C@@H](C)O)c2ccccc12. The van der Waals surface area contributed by atoms with Gasteiger partial charge in [-0.1, -0.05) is 31.2 Å². The number of aliphatic hydroxyl groups is 1. The largest absolute Gasteiger partial charge is 0.493 e. The molecule has 0 aliphatic rings. The second-order valence-corrected chi connectivity index (χ2v) is 6.89. The van der Waals surface area contributed by atoms with Crippen molar-refractivity contribution >= 4 is 20.8 Å². The van der Waals surface area contributed by atoms with Crippen molar-refractivity contribution in [1.82, 2.24) is 4.72 Å². The lowest BCUT2D eigenvalue weighted by molar-refractivity contribution is 0.198. The first kappa shape index (κ1) is 16.7. The maximum absolute atomic E-state index is 12.4. The first-order chi connectivity index (χ1) is 10.5. The van der Waals surface area contributed by atoms with E-state index in [1.807, 2.05) is 19.1 Å². The summed E-state index contributed by atoms with van der Waals surface area (Å²) in [6, 6.07) is 10.5. The topological polar surface area (TPSA) is 75.6 Å². The smallest absolute Gasteiger partial charge is 0.241 e. The Morgan fingerprint density at radius 1 is 1.18 bits per heavy atom. The van der Waals surface area contributed by atoms with Crippen LogP contribution in [0.1, 0.15) is 20.3 Å². The van der Waals surface area contributed by atoms with Crippen LogP contribution in [0.2, 0.25) is 0 Å². The minimum atomic E-state index is -3.68. The van der Waals surface area contributed by atoms with E-state index in [1.165, 1.54) is 13.0 Å². The highest BCUT2D eigenvalue weighted by Crippen LogP contribution is 2.31. The molecule has 5 nitrogen and oxygen atoms in total. The van der Waals surface area contributed by atoms with Crippen molar-refractivity contribution in [3.05, 3.63) is 36.4 Å². The van der Waals surface area contributed by atoms with Gasteiger partial charge in [0.1, 0.15) is 5.75 Å². The average Bonchev–Trinajstić information content (AvgIpc) is 2.50. The van der Waals surface area contributed by atoms with Crippen molar-refractivity contribution in [3.8, 4) is 5.75 Å². The summed E-state index contributed by atoms with van der Waals surface area (Å²) in [5, 5.41) is 10.6. The second kappa shape index (κ2) is 7.09. The molecule has 0 aliphatic carbocycles. The predicted octanol–water partition coefficient (Wildman–Crippen LogP) is 2.29. The fourth-order valence-electron chi connectivity index (χ4n) is 2.12. The van der Waals surface area contributed by atoms with Crippen LogP contribution >= 0.6 is 0 Å². The third kappa shape index (κ3) is 3.76. The van der Waals surface area contributed by atoms with Crippen molar-refractivity contribution in [3.63, 3.8) is 0 Å². The zero-order valence-corrected chi connectivity index (χ0v) is 13.6. The number of rotatable bonds is 7. The molecule has 120 valence electrons. The summed E-state index contributed by atoms with van der Waals surface area (Å²) < 4.78 is 32.9. The standard InChI is InChI=1S/C16H21NO4S/c1-3-10-21-15-8-9-16(14-7-5-4-6-13(14)15)22(19,20)17-11-12(2)18/h4-9,12,17-18H,3,10-11H2,1-2H3/t12-/m1/s1. The molecule has 0 spiro atoms. The Balaban J connectivity index is 2.48. The summed E-state index contributed by atoms with van der Waals surface area (Å²) in [7, 11) is -3.68. The molecule has 0 fully saturated rings. The van der Waals surface area contributed by atoms with Crippen LogP contribution in [0.4, 0.5) is 0 Å². The molecule has 22 heavy (non-hydrogen) atoms. The molecular formula is C16H21NO4S. The van der Waals surface area contributed by atoms with Gasteiger partial charge in [-0.3, -0.25) is 0 Å². The van der Waals surface area contributed by atoms with Gasteiger partial charge in [0.2, 0.25) is 10.0 Å². The Morgan fingerprint density at radius 2 is 1.86 bits per heavy atom. The number of aliphatic hydroxyl groups excluding tert-OH is 1. The van der Waals surface area contributed by atoms with Gasteiger partial charge < -0.3 is 9.84 Å². The van der Waals surface area contributed by atoms with Crippen LogP contribution in [-0.2, 0) is 10.0 Å². The molecule has 2 aromatic rings. The molecule has 0 bridgehead atoms. The van der Waals surface area contributed by atoms with Crippen molar-refractivity contribution in [2.24, 2.45) is 0 Å². The normalized spacial score (nSPS) is 13.2. The maximum atomic E-state index is 12.4. The van der Waals surface area contributed by atoms with Gasteiger partial charge in [0, 0.05) is 17.3 Å². The molecule has 0 saturated carbocycles. The van der Waals surface area contributed by atoms with E-state index in [2.05, 4.69) is 4.72 Å². The molecular weight excluding hydrogens is 302 g/mol. The molecule has 0 unspecified atom stereocenters. The number of fused-ring (bicyclic) bond motifs is 1. The van der Waals surface area contributed by atoms with Gasteiger partial charge in [-0.2, -0.15) is 0 Å². The highest BCUT2D eigenvalue weighted by Gasteiger charge is 2.19. The van der Waals surface area contributed by atoms with E-state index in [0.29, 0.717) is 17.7 Å². The monoisotopic (exact) mass is 323 g/mol. The summed E-state index contributed by atoms with van der Waals surface area (Å²) in [4.78, 5) is 0.188. The summed E-state index contributed by atoms with van der Waals surface area (Å²) in [5.74, 6) is 0.673. The second-order valence-electron chi connectivity index (χ2n) is 5.16. The molecule has 6 heteroatoms. The zero-order valence-electron chi connectivity index (χ0n) is 12.7. The van der Waals surface area contributed by atoms with Crippen molar-refractivity contribution < 1.29 is 18.3 Å². The summed E-state index contributed by atoms with van der Waals surface area (Å²) in [6.07, 6.45) is 0.137. The number of sulfonamides is 1. The van der Waals surface area contributed by atoms with E-state index in [-0.39, 0.29) is 11.4 Å². The Hall–Kier alpha value is -1.63. The Bertz CT molecular complexity index is 741. The molecule has 2 N–H and O–H groups in total. The lowest BCUT2D eigenvalue weighted by Crippen LogP contribution is -2.30. The fraction of sp³-hybridized carbons (Fsp3) is 0.375. The average molecular weight is 323 g/mol. The third-order valence-corrected chi connectivity index (χ3v) is 4.65. The quantitative estimate of drug-likeness (QED) is 0.820. The summed E-state index contributed by atoms with van der Waals surface area (Å²) >= 11 is 0.